The van der Waals surface area contributed by atoms with Crippen molar-refractivity contribution >= 4 is 17.2 Å². The molecule has 0 aromatic carbocycles. The zero-order valence-corrected chi connectivity index (χ0v) is 12.5. The molecule has 0 saturated carbocycles. The molecule has 1 N–H and O–H groups in total. The lowest BCUT2D eigenvalue weighted by Gasteiger charge is -2.00. The Kier molecular flexibility index (Phi) is 3.62. The van der Waals surface area contributed by atoms with Gasteiger partial charge in [0.15, 0.2) is 5.76 Å². The SMILES string of the molecule is Cc1cc(C(=O)NCc2cc(-c3cccs3)on2)c(C)o1. The molecule has 6 heteroatoms. The molecule has 0 aliphatic carbocycles. The summed E-state index contributed by atoms with van der Waals surface area (Å²) in [7, 11) is 0. The molecule has 0 spiro atoms. The smallest absolute Gasteiger partial charge is 0.255 e. The van der Waals surface area contributed by atoms with E-state index in [1.807, 2.05) is 30.5 Å². The van der Waals surface area contributed by atoms with Gasteiger partial charge >= 0.3 is 0 Å². The molecule has 21 heavy (non-hydrogen) atoms. The highest BCUT2D eigenvalue weighted by atomic mass is 32.1. The number of rotatable bonds is 4. The van der Waals surface area contributed by atoms with Crippen molar-refractivity contribution < 1.29 is 13.7 Å². The molecule has 0 aliphatic rings. The van der Waals surface area contributed by atoms with Gasteiger partial charge in [-0.3, -0.25) is 4.79 Å². The Morgan fingerprint density at radius 3 is 2.90 bits per heavy atom. The Labute approximate surface area is 125 Å². The van der Waals surface area contributed by atoms with Gasteiger partial charge in [0.05, 0.1) is 17.0 Å². The predicted molar refractivity (Wildman–Crippen MR) is 79.2 cm³/mol. The maximum atomic E-state index is 12.1. The first kappa shape index (κ1) is 13.6. The normalized spacial score (nSPS) is 10.8. The van der Waals surface area contributed by atoms with Crippen LogP contribution >= 0.6 is 11.3 Å². The van der Waals surface area contributed by atoms with Gasteiger partial charge in [0, 0.05) is 6.07 Å². The maximum absolute atomic E-state index is 12.1. The summed E-state index contributed by atoms with van der Waals surface area (Å²) < 4.78 is 10.6. The predicted octanol–water partition coefficient (Wildman–Crippen LogP) is 3.54. The van der Waals surface area contributed by atoms with Crippen LogP contribution in [0, 0.1) is 13.8 Å². The van der Waals surface area contributed by atoms with Crippen LogP contribution < -0.4 is 5.32 Å². The number of hydrogen-bond acceptors (Lipinski definition) is 5. The third kappa shape index (κ3) is 2.90. The first-order chi connectivity index (χ1) is 10.1. The van der Waals surface area contributed by atoms with Gasteiger partial charge < -0.3 is 14.3 Å². The van der Waals surface area contributed by atoms with Gasteiger partial charge in [-0.25, -0.2) is 0 Å². The van der Waals surface area contributed by atoms with Crippen LogP contribution in [0.3, 0.4) is 0 Å². The van der Waals surface area contributed by atoms with E-state index in [-0.39, 0.29) is 5.91 Å². The van der Waals surface area contributed by atoms with Crippen molar-refractivity contribution in [1.82, 2.24) is 10.5 Å². The number of thiophene rings is 1. The number of nitrogens with one attached hydrogen (secondary N) is 1. The summed E-state index contributed by atoms with van der Waals surface area (Å²) in [4.78, 5) is 13.1. The fraction of sp³-hybridized carbons (Fsp3) is 0.200. The molecule has 3 rings (SSSR count). The zero-order valence-electron chi connectivity index (χ0n) is 11.7. The number of carbonyl (C=O) groups excluding carboxylic acids is 1. The lowest BCUT2D eigenvalue weighted by molar-refractivity contribution is 0.0948. The van der Waals surface area contributed by atoms with Crippen molar-refractivity contribution in [1.29, 1.82) is 0 Å². The van der Waals surface area contributed by atoms with Crippen LogP contribution in [0.2, 0.25) is 0 Å². The van der Waals surface area contributed by atoms with Crippen LogP contribution in [-0.4, -0.2) is 11.1 Å². The average molecular weight is 302 g/mol. The average Bonchev–Trinajstić information content (AvgIpc) is 3.15. The van der Waals surface area contributed by atoms with Crippen LogP contribution in [0.1, 0.15) is 27.6 Å². The second kappa shape index (κ2) is 5.57. The Bertz CT molecular complexity index is 756. The number of hydrogen-bond donors (Lipinski definition) is 1. The molecule has 0 radical (unpaired) electrons. The molecule has 0 atom stereocenters. The second-order valence-electron chi connectivity index (χ2n) is 4.67. The Hall–Kier alpha value is -2.34. The molecule has 1 amide bonds. The number of aromatic nitrogens is 1. The van der Waals surface area contributed by atoms with E-state index in [0.717, 1.165) is 10.6 Å². The van der Waals surface area contributed by atoms with Gasteiger partial charge in [-0.2, -0.15) is 0 Å². The van der Waals surface area contributed by atoms with Crippen LogP contribution in [0.25, 0.3) is 10.6 Å². The molecule has 0 bridgehead atoms. The highest BCUT2D eigenvalue weighted by Gasteiger charge is 2.14. The number of amides is 1. The molecule has 108 valence electrons. The monoisotopic (exact) mass is 302 g/mol. The van der Waals surface area contributed by atoms with Gasteiger partial charge in [0.25, 0.3) is 5.91 Å². The summed E-state index contributed by atoms with van der Waals surface area (Å²) in [5.41, 5.74) is 1.24. The molecule has 0 fully saturated rings. The van der Waals surface area contributed by atoms with E-state index in [4.69, 9.17) is 8.94 Å². The summed E-state index contributed by atoms with van der Waals surface area (Å²) in [6.45, 7) is 3.90. The van der Waals surface area contributed by atoms with Crippen molar-refractivity contribution in [3.05, 3.63) is 52.4 Å². The third-order valence-corrected chi connectivity index (χ3v) is 3.92. The summed E-state index contributed by atoms with van der Waals surface area (Å²) in [5.74, 6) is 1.87. The summed E-state index contributed by atoms with van der Waals surface area (Å²) in [6, 6.07) is 7.48. The van der Waals surface area contributed by atoms with E-state index in [9.17, 15) is 4.79 Å². The van der Waals surface area contributed by atoms with Gasteiger partial charge in [-0.15, -0.1) is 11.3 Å². The summed E-state index contributed by atoms with van der Waals surface area (Å²) in [6.07, 6.45) is 0. The standard InChI is InChI=1S/C15H14N2O3S/c1-9-6-12(10(2)19-9)15(18)16-8-11-7-13(20-17-11)14-4-3-5-21-14/h3-7H,8H2,1-2H3,(H,16,18). The number of carbonyl (C=O) groups is 1. The van der Waals surface area contributed by atoms with Gasteiger partial charge in [0.2, 0.25) is 0 Å². The number of aryl methyl sites for hydroxylation is 2. The van der Waals surface area contributed by atoms with E-state index in [1.165, 1.54) is 0 Å². The quantitative estimate of drug-likeness (QED) is 0.800. The van der Waals surface area contributed by atoms with Crippen LogP contribution in [0.5, 0.6) is 0 Å². The largest absolute Gasteiger partial charge is 0.466 e. The van der Waals surface area contributed by atoms with Crippen molar-refractivity contribution in [3.8, 4) is 10.6 Å². The van der Waals surface area contributed by atoms with Gasteiger partial charge in [-0.1, -0.05) is 11.2 Å². The summed E-state index contributed by atoms with van der Waals surface area (Å²) in [5, 5.41) is 8.74. The maximum Gasteiger partial charge on any atom is 0.255 e. The first-order valence-corrected chi connectivity index (χ1v) is 7.36. The first-order valence-electron chi connectivity index (χ1n) is 6.48. The Balaban J connectivity index is 1.65. The van der Waals surface area contributed by atoms with Crippen molar-refractivity contribution in [3.63, 3.8) is 0 Å². The molecule has 3 heterocycles. The molecule has 5 nitrogen and oxygen atoms in total. The van der Waals surface area contributed by atoms with Crippen molar-refractivity contribution in [2.45, 2.75) is 20.4 Å². The van der Waals surface area contributed by atoms with Gasteiger partial charge in [0.1, 0.15) is 17.2 Å². The lowest BCUT2D eigenvalue weighted by atomic mass is 10.2. The number of furan rings is 1. The molecule has 0 aliphatic heterocycles. The van der Waals surface area contributed by atoms with Gasteiger partial charge in [-0.05, 0) is 31.4 Å². The Morgan fingerprint density at radius 2 is 2.24 bits per heavy atom. The lowest BCUT2D eigenvalue weighted by Crippen LogP contribution is -2.23. The van der Waals surface area contributed by atoms with E-state index in [1.54, 1.807) is 24.3 Å². The second-order valence-corrected chi connectivity index (χ2v) is 5.62. The van der Waals surface area contributed by atoms with Crippen LogP contribution in [-0.2, 0) is 6.54 Å². The molecular formula is C15H14N2O3S. The van der Waals surface area contributed by atoms with Crippen LogP contribution in [0.4, 0.5) is 0 Å². The minimum absolute atomic E-state index is 0.176. The zero-order chi connectivity index (χ0) is 14.8. The van der Waals surface area contributed by atoms with E-state index in [0.29, 0.717) is 29.3 Å². The van der Waals surface area contributed by atoms with E-state index < -0.39 is 0 Å². The van der Waals surface area contributed by atoms with Crippen molar-refractivity contribution in [2.75, 3.05) is 0 Å². The van der Waals surface area contributed by atoms with E-state index >= 15 is 0 Å². The van der Waals surface area contributed by atoms with Crippen molar-refractivity contribution in [2.24, 2.45) is 0 Å². The molecule has 3 aromatic heterocycles. The highest BCUT2D eigenvalue weighted by molar-refractivity contribution is 7.13. The highest BCUT2D eigenvalue weighted by Crippen LogP contribution is 2.25. The fourth-order valence-corrected chi connectivity index (χ4v) is 2.73. The molecule has 3 aromatic rings. The van der Waals surface area contributed by atoms with Crippen LogP contribution in [0.15, 0.2) is 38.6 Å². The number of nitrogens with zero attached hydrogens (tertiary/aromatic N) is 1. The summed E-state index contributed by atoms with van der Waals surface area (Å²) >= 11 is 1.58. The molecular weight excluding hydrogens is 288 g/mol. The Morgan fingerprint density at radius 1 is 1.38 bits per heavy atom. The van der Waals surface area contributed by atoms with E-state index in [2.05, 4.69) is 10.5 Å². The fourth-order valence-electron chi connectivity index (χ4n) is 2.05. The third-order valence-electron chi connectivity index (χ3n) is 3.04. The topological polar surface area (TPSA) is 68.3 Å². The minimum atomic E-state index is -0.176. The molecule has 0 saturated heterocycles. The minimum Gasteiger partial charge on any atom is -0.466 e. The molecule has 0 unspecified atom stereocenters.